The summed E-state index contributed by atoms with van der Waals surface area (Å²) in [5.41, 5.74) is 3.07. The summed E-state index contributed by atoms with van der Waals surface area (Å²) < 4.78 is 0. The summed E-state index contributed by atoms with van der Waals surface area (Å²) in [6, 6.07) is 8.24. The maximum absolute atomic E-state index is 12.7. The number of carbonyl (C=O) groups is 1. The maximum atomic E-state index is 12.7. The number of aryl methyl sites for hydroxylation is 1. The molecule has 4 nitrogen and oxygen atoms in total. The molecule has 3 rings (SSSR count). The number of aromatic nitrogens is 1. The minimum atomic E-state index is 0.160. The highest BCUT2D eigenvalue weighted by atomic mass is 16.1. The third kappa shape index (κ3) is 4.65. The van der Waals surface area contributed by atoms with Crippen molar-refractivity contribution in [2.75, 3.05) is 23.3 Å². The molecule has 0 unspecified atom stereocenters. The van der Waals surface area contributed by atoms with Crippen molar-refractivity contribution < 1.29 is 4.79 Å². The molecule has 1 N–H and O–H groups in total. The first-order valence-corrected chi connectivity index (χ1v) is 11.0. The molecule has 1 aromatic heterocycles. The number of nitrogens with one attached hydrogen (secondary N) is 1. The van der Waals surface area contributed by atoms with Crippen molar-refractivity contribution in [3.05, 3.63) is 29.8 Å². The van der Waals surface area contributed by atoms with Crippen LogP contribution in [0, 0.1) is 18.8 Å². The van der Waals surface area contributed by atoms with Gasteiger partial charge >= 0.3 is 0 Å². The van der Waals surface area contributed by atoms with Gasteiger partial charge < -0.3 is 10.2 Å². The van der Waals surface area contributed by atoms with Gasteiger partial charge in [0.15, 0.2) is 0 Å². The quantitative estimate of drug-likeness (QED) is 0.646. The number of fused-ring (bicyclic) bond motifs is 1. The van der Waals surface area contributed by atoms with Crippen LogP contribution in [-0.2, 0) is 4.79 Å². The number of anilines is 2. The maximum Gasteiger partial charge on any atom is 0.227 e. The topological polar surface area (TPSA) is 45.2 Å². The first-order chi connectivity index (χ1) is 13.5. The van der Waals surface area contributed by atoms with Crippen LogP contribution < -0.4 is 10.2 Å². The summed E-state index contributed by atoms with van der Waals surface area (Å²) in [6.07, 6.45) is 7.00. The van der Waals surface area contributed by atoms with Crippen LogP contribution >= 0.6 is 0 Å². The number of nitrogens with zero attached hydrogens (tertiary/aromatic N) is 2. The third-order valence-electron chi connectivity index (χ3n) is 6.27. The number of pyridine rings is 1. The number of carbonyl (C=O) groups excluding carboxylic acids is 1. The molecule has 1 aliphatic rings. The second-order valence-corrected chi connectivity index (χ2v) is 8.20. The van der Waals surface area contributed by atoms with Crippen LogP contribution in [0.15, 0.2) is 24.3 Å². The first kappa shape index (κ1) is 20.6. The molecule has 1 saturated carbocycles. The molecule has 0 aliphatic heterocycles. The highest BCUT2D eigenvalue weighted by Gasteiger charge is 2.26. The highest BCUT2D eigenvalue weighted by molar-refractivity contribution is 5.96. The van der Waals surface area contributed by atoms with E-state index in [4.69, 9.17) is 4.98 Å². The molecule has 4 heteroatoms. The van der Waals surface area contributed by atoms with Crippen LogP contribution in [0.1, 0.15) is 64.9 Å². The van der Waals surface area contributed by atoms with E-state index >= 15 is 0 Å². The van der Waals surface area contributed by atoms with E-state index in [0.29, 0.717) is 0 Å². The largest absolute Gasteiger partial charge is 0.357 e. The molecule has 1 fully saturated rings. The van der Waals surface area contributed by atoms with Crippen molar-refractivity contribution in [3.63, 3.8) is 0 Å². The number of rotatable bonds is 7. The van der Waals surface area contributed by atoms with Crippen molar-refractivity contribution in [2.45, 2.75) is 66.2 Å². The van der Waals surface area contributed by atoms with Gasteiger partial charge in [0.2, 0.25) is 5.91 Å². The second-order valence-electron chi connectivity index (χ2n) is 8.20. The molecule has 0 radical (unpaired) electrons. The Balaban J connectivity index is 1.71. The first-order valence-electron chi connectivity index (χ1n) is 11.0. The average molecular weight is 382 g/mol. The minimum Gasteiger partial charge on any atom is -0.357 e. The molecule has 152 valence electrons. The molecule has 0 bridgehead atoms. The van der Waals surface area contributed by atoms with Crippen LogP contribution in [0.25, 0.3) is 10.9 Å². The Morgan fingerprint density at radius 2 is 1.82 bits per heavy atom. The van der Waals surface area contributed by atoms with E-state index in [9.17, 15) is 4.79 Å². The number of benzene rings is 1. The standard InChI is InChI=1S/C24H35N3O/c1-5-8-18-9-11-19(12-10-18)24(28)25-20-13-14-22-21(16-20)17(4)15-23(26-22)27(6-2)7-3/h13-16,18-19H,5-12H2,1-4H3,(H,25,28). The van der Waals surface area contributed by atoms with E-state index in [-0.39, 0.29) is 11.8 Å². The lowest BCUT2D eigenvalue weighted by molar-refractivity contribution is -0.121. The van der Waals surface area contributed by atoms with Gasteiger partial charge in [-0.1, -0.05) is 19.8 Å². The highest BCUT2D eigenvalue weighted by Crippen LogP contribution is 2.32. The second kappa shape index (κ2) is 9.40. The minimum absolute atomic E-state index is 0.160. The van der Waals surface area contributed by atoms with Crippen LogP contribution in [0.4, 0.5) is 11.5 Å². The van der Waals surface area contributed by atoms with E-state index in [2.05, 4.69) is 50.0 Å². The average Bonchev–Trinajstić information content (AvgIpc) is 2.70. The zero-order valence-corrected chi connectivity index (χ0v) is 17.9. The molecule has 2 aromatic rings. The van der Waals surface area contributed by atoms with Gasteiger partial charge in [0, 0.05) is 30.1 Å². The van der Waals surface area contributed by atoms with Gasteiger partial charge in [0.25, 0.3) is 0 Å². The summed E-state index contributed by atoms with van der Waals surface area (Å²) in [6.45, 7) is 10.6. The molecule has 0 saturated heterocycles. The van der Waals surface area contributed by atoms with Crippen molar-refractivity contribution >= 4 is 28.3 Å². The molecule has 1 aliphatic carbocycles. The Morgan fingerprint density at radius 3 is 2.46 bits per heavy atom. The van der Waals surface area contributed by atoms with E-state index < -0.39 is 0 Å². The Bertz CT molecular complexity index is 805. The van der Waals surface area contributed by atoms with Gasteiger partial charge in [-0.05, 0) is 82.2 Å². The predicted molar refractivity (Wildman–Crippen MR) is 119 cm³/mol. The molecular weight excluding hydrogens is 346 g/mol. The summed E-state index contributed by atoms with van der Waals surface area (Å²) in [4.78, 5) is 19.8. The normalized spacial score (nSPS) is 19.6. The third-order valence-corrected chi connectivity index (χ3v) is 6.27. The SMILES string of the molecule is CCCC1CCC(C(=O)Nc2ccc3nc(N(CC)CC)cc(C)c3c2)CC1. The Hall–Kier alpha value is -2.10. The fourth-order valence-electron chi connectivity index (χ4n) is 4.53. The Labute approximate surface area is 169 Å². The van der Waals surface area contributed by atoms with Crippen molar-refractivity contribution in [3.8, 4) is 0 Å². The van der Waals surface area contributed by atoms with Gasteiger partial charge in [-0.3, -0.25) is 4.79 Å². The van der Waals surface area contributed by atoms with Gasteiger partial charge in [0.1, 0.15) is 5.82 Å². The molecule has 0 spiro atoms. The van der Waals surface area contributed by atoms with E-state index in [0.717, 1.165) is 54.3 Å². The predicted octanol–water partition coefficient (Wildman–Crippen LogP) is 5.93. The van der Waals surface area contributed by atoms with Crippen LogP contribution in [0.5, 0.6) is 0 Å². The number of hydrogen-bond donors (Lipinski definition) is 1. The van der Waals surface area contributed by atoms with Gasteiger partial charge in [-0.25, -0.2) is 4.98 Å². The summed E-state index contributed by atoms with van der Waals surface area (Å²) in [7, 11) is 0. The van der Waals surface area contributed by atoms with Crippen LogP contribution in [0.3, 0.4) is 0 Å². The Morgan fingerprint density at radius 1 is 1.11 bits per heavy atom. The molecule has 1 amide bonds. The molecule has 28 heavy (non-hydrogen) atoms. The van der Waals surface area contributed by atoms with Crippen LogP contribution in [0.2, 0.25) is 0 Å². The summed E-state index contributed by atoms with van der Waals surface area (Å²) in [5, 5.41) is 4.27. The molecule has 0 atom stereocenters. The fraction of sp³-hybridized carbons (Fsp3) is 0.583. The zero-order chi connectivity index (χ0) is 20.1. The lowest BCUT2D eigenvalue weighted by atomic mass is 9.80. The lowest BCUT2D eigenvalue weighted by Gasteiger charge is -2.27. The summed E-state index contributed by atoms with van der Waals surface area (Å²) in [5.74, 6) is 2.19. The Kier molecular flexibility index (Phi) is 6.93. The summed E-state index contributed by atoms with van der Waals surface area (Å²) >= 11 is 0. The van der Waals surface area contributed by atoms with Crippen molar-refractivity contribution in [1.82, 2.24) is 4.98 Å². The number of amides is 1. The van der Waals surface area contributed by atoms with Crippen molar-refractivity contribution in [2.24, 2.45) is 11.8 Å². The van der Waals surface area contributed by atoms with Gasteiger partial charge in [0.05, 0.1) is 5.52 Å². The number of hydrogen-bond acceptors (Lipinski definition) is 3. The van der Waals surface area contributed by atoms with E-state index in [1.54, 1.807) is 0 Å². The van der Waals surface area contributed by atoms with Crippen molar-refractivity contribution in [1.29, 1.82) is 0 Å². The van der Waals surface area contributed by atoms with Gasteiger partial charge in [-0.15, -0.1) is 0 Å². The molecule has 1 heterocycles. The van der Waals surface area contributed by atoms with E-state index in [1.165, 1.54) is 31.2 Å². The smallest absolute Gasteiger partial charge is 0.227 e. The zero-order valence-electron chi connectivity index (χ0n) is 17.9. The van der Waals surface area contributed by atoms with E-state index in [1.807, 2.05) is 12.1 Å². The molecular formula is C24H35N3O. The van der Waals surface area contributed by atoms with Crippen LogP contribution in [-0.4, -0.2) is 24.0 Å². The fourth-order valence-corrected chi connectivity index (χ4v) is 4.53. The molecule has 1 aromatic carbocycles. The van der Waals surface area contributed by atoms with Gasteiger partial charge in [-0.2, -0.15) is 0 Å². The monoisotopic (exact) mass is 381 g/mol. The lowest BCUT2D eigenvalue weighted by Crippen LogP contribution is -2.27.